The Morgan fingerprint density at radius 1 is 0.467 bits per heavy atom. The molecule has 212 valence electrons. The molecule has 0 aliphatic carbocycles. The lowest BCUT2D eigenvalue weighted by Crippen LogP contribution is -1.96. The molecule has 0 bridgehead atoms. The van der Waals surface area contributed by atoms with Gasteiger partial charge in [-0.2, -0.15) is 20.6 Å². The van der Waals surface area contributed by atoms with Gasteiger partial charge in [-0.1, -0.05) is 36.4 Å². The molecule has 3 heterocycles. The van der Waals surface area contributed by atoms with Crippen LogP contribution < -0.4 is 0 Å². The Morgan fingerprint density at radius 3 is 1.33 bits per heavy atom. The van der Waals surface area contributed by atoms with Crippen LogP contribution in [0.3, 0.4) is 0 Å². The highest BCUT2D eigenvalue weighted by Gasteiger charge is 2.33. The van der Waals surface area contributed by atoms with Gasteiger partial charge in [-0.15, -0.1) is 0 Å². The molecule has 0 N–H and O–H groups in total. The topological polar surface area (TPSA) is 57.4 Å². The van der Waals surface area contributed by atoms with Gasteiger partial charge in [-0.05, 0) is 109 Å². The fraction of sp³-hybridized carbons (Fsp3) is 0.0500. The third-order valence-electron chi connectivity index (χ3n) is 9.44. The molecule has 1 aliphatic heterocycles. The van der Waals surface area contributed by atoms with Gasteiger partial charge in [0, 0.05) is 42.7 Å². The van der Waals surface area contributed by atoms with Crippen LogP contribution in [0.15, 0.2) is 131 Å². The SMILES string of the molecule is CS1(C)c2ccc(-n3c4ccccc4c4cc(C#N)ccc43)cc2-c2cc(-n3c4ccccc4c4cc(C#N)ccc43)ccc21. The van der Waals surface area contributed by atoms with Crippen molar-refractivity contribution in [3.05, 3.63) is 132 Å². The average Bonchev–Trinajstić information content (AvgIpc) is 3.67. The number of rotatable bonds is 2. The lowest BCUT2D eigenvalue weighted by atomic mass is 10.0. The van der Waals surface area contributed by atoms with E-state index in [1.807, 2.05) is 24.3 Å². The zero-order valence-corrected chi connectivity index (χ0v) is 25.6. The van der Waals surface area contributed by atoms with Crippen molar-refractivity contribution in [2.45, 2.75) is 9.79 Å². The van der Waals surface area contributed by atoms with Crippen molar-refractivity contribution in [2.24, 2.45) is 0 Å². The summed E-state index contributed by atoms with van der Waals surface area (Å²) < 4.78 is 4.66. The molecule has 45 heavy (non-hydrogen) atoms. The summed E-state index contributed by atoms with van der Waals surface area (Å²) in [6, 6.07) is 47.3. The van der Waals surface area contributed by atoms with Gasteiger partial charge in [0.2, 0.25) is 0 Å². The predicted molar refractivity (Wildman–Crippen MR) is 186 cm³/mol. The smallest absolute Gasteiger partial charge is 0.0991 e. The van der Waals surface area contributed by atoms with E-state index < -0.39 is 10.0 Å². The van der Waals surface area contributed by atoms with Crippen LogP contribution in [0.5, 0.6) is 0 Å². The minimum Gasteiger partial charge on any atom is -0.309 e. The molecule has 2 aromatic heterocycles. The molecule has 8 aromatic rings. The Bertz CT molecular complexity index is 2470. The highest BCUT2D eigenvalue weighted by Crippen LogP contribution is 2.67. The first-order valence-electron chi connectivity index (χ1n) is 14.9. The number of aromatic nitrogens is 2. The molecule has 0 saturated heterocycles. The number of para-hydroxylation sites is 2. The van der Waals surface area contributed by atoms with Gasteiger partial charge < -0.3 is 9.13 Å². The molecular formula is C40H26N4S. The van der Waals surface area contributed by atoms with Crippen LogP contribution in [0.4, 0.5) is 0 Å². The first kappa shape index (κ1) is 25.7. The third kappa shape index (κ3) is 3.48. The maximum Gasteiger partial charge on any atom is 0.0991 e. The fourth-order valence-electron chi connectivity index (χ4n) is 7.38. The normalized spacial score (nSPS) is 14.0. The predicted octanol–water partition coefficient (Wildman–Crippen LogP) is 10.1. The first-order valence-corrected chi connectivity index (χ1v) is 17.3. The third-order valence-corrected chi connectivity index (χ3v) is 12.3. The first-order chi connectivity index (χ1) is 22.0. The van der Waals surface area contributed by atoms with E-state index in [0.29, 0.717) is 11.1 Å². The van der Waals surface area contributed by atoms with E-state index in [0.717, 1.165) is 55.0 Å². The van der Waals surface area contributed by atoms with Crippen molar-refractivity contribution < 1.29 is 0 Å². The van der Waals surface area contributed by atoms with E-state index in [9.17, 15) is 10.5 Å². The molecule has 1 aliphatic rings. The van der Waals surface area contributed by atoms with E-state index >= 15 is 0 Å². The molecule has 0 unspecified atom stereocenters. The van der Waals surface area contributed by atoms with Gasteiger partial charge in [0.1, 0.15) is 0 Å². The zero-order chi connectivity index (χ0) is 30.4. The summed E-state index contributed by atoms with van der Waals surface area (Å²) >= 11 is 0. The highest BCUT2D eigenvalue weighted by atomic mass is 32.3. The van der Waals surface area contributed by atoms with E-state index in [-0.39, 0.29) is 0 Å². The second kappa shape index (κ2) is 9.13. The minimum absolute atomic E-state index is 0.667. The van der Waals surface area contributed by atoms with E-state index in [4.69, 9.17) is 0 Å². The van der Waals surface area contributed by atoms with Gasteiger partial charge in [0.25, 0.3) is 0 Å². The summed E-state index contributed by atoms with van der Waals surface area (Å²) in [6.45, 7) is 0. The Hall–Kier alpha value is -5.75. The highest BCUT2D eigenvalue weighted by molar-refractivity contribution is 8.33. The van der Waals surface area contributed by atoms with Crippen LogP contribution in [-0.4, -0.2) is 21.6 Å². The zero-order valence-electron chi connectivity index (χ0n) is 24.7. The number of nitrogens with zero attached hydrogens (tertiary/aromatic N) is 4. The molecule has 0 saturated carbocycles. The van der Waals surface area contributed by atoms with Gasteiger partial charge in [-0.3, -0.25) is 0 Å². The standard InChI is InChI=1S/C40H26N4S/c1-45(2)39-17-13-27(43-35-9-5-3-7-29(35)31-19-25(23-41)11-15-37(31)43)21-33(39)34-22-28(14-18-40(34)45)44-36-10-6-4-8-30(36)32-20-26(24-42)12-16-38(32)44/h3-22H,1-2H3. The summed E-state index contributed by atoms with van der Waals surface area (Å²) in [5, 5.41) is 23.7. The summed E-state index contributed by atoms with van der Waals surface area (Å²) in [5.41, 5.74) is 10.5. The van der Waals surface area contributed by atoms with Gasteiger partial charge in [0.05, 0.1) is 45.3 Å². The van der Waals surface area contributed by atoms with Crippen molar-refractivity contribution in [1.82, 2.24) is 9.13 Å². The second-order valence-corrected chi connectivity index (χ2v) is 15.6. The Morgan fingerprint density at radius 2 is 0.889 bits per heavy atom. The molecule has 0 amide bonds. The van der Waals surface area contributed by atoms with Gasteiger partial charge >= 0.3 is 0 Å². The fourth-order valence-corrected chi connectivity index (χ4v) is 9.88. The lowest BCUT2D eigenvalue weighted by Gasteiger charge is -2.28. The van der Waals surface area contributed by atoms with Crippen LogP contribution in [0, 0.1) is 22.7 Å². The summed E-state index contributed by atoms with van der Waals surface area (Å²) in [4.78, 5) is 2.79. The summed E-state index contributed by atoms with van der Waals surface area (Å²) in [6.07, 6.45) is 4.79. The summed E-state index contributed by atoms with van der Waals surface area (Å²) in [7, 11) is -1.21. The minimum atomic E-state index is -1.21. The van der Waals surface area contributed by atoms with Gasteiger partial charge in [0.15, 0.2) is 0 Å². The molecule has 0 radical (unpaired) electrons. The Kier molecular flexibility index (Phi) is 5.22. The van der Waals surface area contributed by atoms with Crippen LogP contribution in [0.25, 0.3) is 66.1 Å². The summed E-state index contributed by atoms with van der Waals surface area (Å²) in [5.74, 6) is 0. The second-order valence-electron chi connectivity index (χ2n) is 12.1. The lowest BCUT2D eigenvalue weighted by molar-refractivity contribution is 1.16. The van der Waals surface area contributed by atoms with Gasteiger partial charge in [-0.25, -0.2) is 0 Å². The largest absolute Gasteiger partial charge is 0.309 e. The van der Waals surface area contributed by atoms with Crippen LogP contribution in [0.1, 0.15) is 11.1 Å². The molecular weight excluding hydrogens is 569 g/mol. The number of benzene rings is 6. The van der Waals surface area contributed by atoms with Crippen molar-refractivity contribution in [3.8, 4) is 34.6 Å². The molecule has 4 nitrogen and oxygen atoms in total. The Labute approximate surface area is 261 Å². The van der Waals surface area contributed by atoms with E-state index in [2.05, 4.69) is 131 Å². The quantitative estimate of drug-likeness (QED) is 0.200. The van der Waals surface area contributed by atoms with Crippen molar-refractivity contribution in [2.75, 3.05) is 12.5 Å². The average molecular weight is 595 g/mol. The Balaban J connectivity index is 1.29. The number of hydrogen-bond acceptors (Lipinski definition) is 2. The number of nitriles is 2. The van der Waals surface area contributed by atoms with Crippen molar-refractivity contribution in [3.63, 3.8) is 0 Å². The van der Waals surface area contributed by atoms with E-state index in [1.165, 1.54) is 20.9 Å². The van der Waals surface area contributed by atoms with Crippen molar-refractivity contribution >= 4 is 53.6 Å². The van der Waals surface area contributed by atoms with Crippen LogP contribution in [0.2, 0.25) is 0 Å². The maximum absolute atomic E-state index is 9.60. The number of hydrogen-bond donors (Lipinski definition) is 0. The molecule has 0 spiro atoms. The molecule has 6 aromatic carbocycles. The molecule has 9 rings (SSSR count). The van der Waals surface area contributed by atoms with Crippen molar-refractivity contribution in [1.29, 1.82) is 10.5 Å². The van der Waals surface area contributed by atoms with E-state index in [1.54, 1.807) is 0 Å². The van der Waals surface area contributed by atoms with Crippen LogP contribution in [-0.2, 0) is 0 Å². The molecule has 0 fully saturated rings. The number of fused-ring (bicyclic) bond motifs is 9. The molecule has 5 heteroatoms. The van der Waals surface area contributed by atoms with Crippen LogP contribution >= 0.6 is 10.0 Å². The maximum atomic E-state index is 9.60. The monoisotopic (exact) mass is 594 g/mol. The molecule has 0 atom stereocenters.